The smallest absolute Gasteiger partial charge is 0.336 e. The molecule has 2 aromatic carbocycles. The van der Waals surface area contributed by atoms with Crippen LogP contribution in [0.25, 0.3) is 6.08 Å². The predicted molar refractivity (Wildman–Crippen MR) is 113 cm³/mol. The lowest BCUT2D eigenvalue weighted by Gasteiger charge is -2.02. The molecule has 0 spiro atoms. The van der Waals surface area contributed by atoms with Crippen molar-refractivity contribution in [3.63, 3.8) is 0 Å². The van der Waals surface area contributed by atoms with Gasteiger partial charge in [0.2, 0.25) is 0 Å². The Labute approximate surface area is 173 Å². The third kappa shape index (κ3) is 5.68. The van der Waals surface area contributed by atoms with E-state index in [-0.39, 0.29) is 5.91 Å². The number of esters is 1. The number of benzene rings is 2. The van der Waals surface area contributed by atoms with E-state index in [0.717, 1.165) is 16.9 Å². The van der Waals surface area contributed by atoms with Crippen molar-refractivity contribution in [2.24, 2.45) is 5.10 Å². The van der Waals surface area contributed by atoms with Gasteiger partial charge in [0.05, 0.1) is 25.2 Å². The minimum Gasteiger partial charge on any atom is -0.497 e. The minimum absolute atomic E-state index is 0.355. The number of aryl methyl sites for hydroxylation is 1. The molecule has 0 bridgehead atoms. The van der Waals surface area contributed by atoms with Crippen LogP contribution in [0.15, 0.2) is 76.5 Å². The zero-order chi connectivity index (χ0) is 21.3. The maximum atomic E-state index is 12.0. The molecule has 3 rings (SSSR count). The van der Waals surface area contributed by atoms with Gasteiger partial charge in [-0.1, -0.05) is 12.1 Å². The molecule has 0 atom stereocenters. The fourth-order valence-corrected chi connectivity index (χ4v) is 2.50. The Kier molecular flexibility index (Phi) is 6.78. The molecule has 1 heterocycles. The predicted octanol–water partition coefficient (Wildman–Crippen LogP) is 3.98. The summed E-state index contributed by atoms with van der Waals surface area (Å²) in [5.41, 5.74) is 4.44. The molecule has 0 saturated carbocycles. The van der Waals surface area contributed by atoms with Crippen LogP contribution in [0.4, 0.5) is 0 Å². The van der Waals surface area contributed by atoms with E-state index in [4.69, 9.17) is 13.9 Å². The summed E-state index contributed by atoms with van der Waals surface area (Å²) in [6.07, 6.45) is 5.94. The number of amides is 1. The van der Waals surface area contributed by atoms with Gasteiger partial charge in [0.15, 0.2) is 0 Å². The summed E-state index contributed by atoms with van der Waals surface area (Å²) < 4.78 is 15.4. The van der Waals surface area contributed by atoms with Gasteiger partial charge in [-0.3, -0.25) is 4.79 Å². The van der Waals surface area contributed by atoms with E-state index in [2.05, 4.69) is 10.5 Å². The van der Waals surface area contributed by atoms with Gasteiger partial charge >= 0.3 is 5.97 Å². The number of hydrogen-bond acceptors (Lipinski definition) is 6. The van der Waals surface area contributed by atoms with E-state index in [1.54, 1.807) is 50.4 Å². The fraction of sp³-hybridized carbons (Fsp3) is 0.0870. The van der Waals surface area contributed by atoms with Crippen molar-refractivity contribution in [2.45, 2.75) is 6.92 Å². The Morgan fingerprint density at radius 2 is 1.63 bits per heavy atom. The Morgan fingerprint density at radius 3 is 2.27 bits per heavy atom. The zero-order valence-corrected chi connectivity index (χ0v) is 16.5. The summed E-state index contributed by atoms with van der Waals surface area (Å²) in [6.45, 7) is 1.70. The lowest BCUT2D eigenvalue weighted by molar-refractivity contribution is -0.128. The summed E-state index contributed by atoms with van der Waals surface area (Å²) >= 11 is 0. The Morgan fingerprint density at radius 1 is 0.967 bits per heavy atom. The second-order valence-corrected chi connectivity index (χ2v) is 6.19. The summed E-state index contributed by atoms with van der Waals surface area (Å²) in [4.78, 5) is 23.9. The molecule has 1 N–H and O–H groups in total. The Balaban J connectivity index is 1.51. The number of carbonyl (C=O) groups is 2. The largest absolute Gasteiger partial charge is 0.497 e. The second kappa shape index (κ2) is 9.88. The quantitative estimate of drug-likeness (QED) is 0.211. The SMILES string of the molecule is COc1ccc(/C=C/C(=O)Oc2ccc(/C=N/NC(=O)c3ccoc3C)cc2)cc1. The molecule has 3 aromatic rings. The lowest BCUT2D eigenvalue weighted by atomic mass is 10.2. The summed E-state index contributed by atoms with van der Waals surface area (Å²) in [5, 5.41) is 3.91. The van der Waals surface area contributed by atoms with Crippen LogP contribution < -0.4 is 14.9 Å². The standard InChI is InChI=1S/C23H20N2O5/c1-16-21(13-14-29-16)23(27)25-24-15-18-5-10-20(11-6-18)30-22(26)12-7-17-3-8-19(28-2)9-4-17/h3-15H,1-2H3,(H,25,27)/b12-7+,24-15+. The van der Waals surface area contributed by atoms with Gasteiger partial charge in [0.25, 0.3) is 5.91 Å². The number of nitrogens with one attached hydrogen (secondary N) is 1. The summed E-state index contributed by atoms with van der Waals surface area (Å²) in [7, 11) is 1.59. The molecule has 7 nitrogen and oxygen atoms in total. The number of furan rings is 1. The van der Waals surface area contributed by atoms with Crippen LogP contribution in [0.5, 0.6) is 11.5 Å². The first-order valence-corrected chi connectivity index (χ1v) is 9.06. The Hall–Kier alpha value is -4.13. The zero-order valence-electron chi connectivity index (χ0n) is 16.5. The van der Waals surface area contributed by atoms with Crippen LogP contribution in [0, 0.1) is 6.92 Å². The molecule has 152 valence electrons. The van der Waals surface area contributed by atoms with E-state index in [1.807, 2.05) is 24.3 Å². The average Bonchev–Trinajstić information content (AvgIpc) is 3.20. The van der Waals surface area contributed by atoms with Crippen LogP contribution in [-0.2, 0) is 4.79 Å². The van der Waals surface area contributed by atoms with Crippen molar-refractivity contribution in [2.75, 3.05) is 7.11 Å². The number of hydrogen-bond donors (Lipinski definition) is 1. The molecule has 30 heavy (non-hydrogen) atoms. The van der Waals surface area contributed by atoms with Gasteiger partial charge in [-0.05, 0) is 66.6 Å². The molecule has 0 aliphatic heterocycles. The summed E-state index contributed by atoms with van der Waals surface area (Å²) in [6, 6.07) is 15.6. The van der Waals surface area contributed by atoms with Crippen LogP contribution in [0.1, 0.15) is 27.2 Å². The van der Waals surface area contributed by atoms with Crippen LogP contribution >= 0.6 is 0 Å². The van der Waals surface area contributed by atoms with E-state index < -0.39 is 5.97 Å². The highest BCUT2D eigenvalue weighted by molar-refractivity contribution is 5.95. The number of hydrazone groups is 1. The van der Waals surface area contributed by atoms with Crippen molar-refractivity contribution >= 4 is 24.2 Å². The average molecular weight is 404 g/mol. The molecule has 0 saturated heterocycles. The first kappa shape index (κ1) is 20.6. The number of carbonyl (C=O) groups excluding carboxylic acids is 2. The molecule has 1 aromatic heterocycles. The highest BCUT2D eigenvalue weighted by atomic mass is 16.5. The van der Waals surface area contributed by atoms with Crippen LogP contribution in [0.3, 0.4) is 0 Å². The van der Waals surface area contributed by atoms with Gasteiger partial charge in [0, 0.05) is 6.08 Å². The van der Waals surface area contributed by atoms with Crippen molar-refractivity contribution in [1.29, 1.82) is 0 Å². The van der Waals surface area contributed by atoms with Gasteiger partial charge in [-0.15, -0.1) is 0 Å². The number of ether oxygens (including phenoxy) is 2. The highest BCUT2D eigenvalue weighted by Gasteiger charge is 2.09. The number of rotatable bonds is 7. The molecule has 0 radical (unpaired) electrons. The third-order valence-electron chi connectivity index (χ3n) is 4.11. The van der Waals surface area contributed by atoms with Gasteiger partial charge in [-0.2, -0.15) is 5.10 Å². The number of methoxy groups -OCH3 is 1. The Bertz CT molecular complexity index is 1060. The van der Waals surface area contributed by atoms with Gasteiger partial charge < -0.3 is 13.9 Å². The lowest BCUT2D eigenvalue weighted by Crippen LogP contribution is -2.17. The highest BCUT2D eigenvalue weighted by Crippen LogP contribution is 2.14. The van der Waals surface area contributed by atoms with E-state index in [0.29, 0.717) is 17.1 Å². The second-order valence-electron chi connectivity index (χ2n) is 6.19. The molecular weight excluding hydrogens is 384 g/mol. The molecule has 0 aliphatic rings. The van der Waals surface area contributed by atoms with E-state index >= 15 is 0 Å². The number of nitrogens with zero attached hydrogens (tertiary/aromatic N) is 1. The van der Waals surface area contributed by atoms with Gasteiger partial charge in [0.1, 0.15) is 17.3 Å². The monoisotopic (exact) mass is 404 g/mol. The summed E-state index contributed by atoms with van der Waals surface area (Å²) in [5.74, 6) is 0.820. The van der Waals surface area contributed by atoms with E-state index in [9.17, 15) is 9.59 Å². The third-order valence-corrected chi connectivity index (χ3v) is 4.11. The topological polar surface area (TPSA) is 90.1 Å². The molecule has 1 amide bonds. The minimum atomic E-state index is -0.491. The van der Waals surface area contributed by atoms with Gasteiger partial charge in [-0.25, -0.2) is 10.2 Å². The first-order chi connectivity index (χ1) is 14.5. The normalized spacial score (nSPS) is 11.0. The van der Waals surface area contributed by atoms with Crippen molar-refractivity contribution < 1.29 is 23.5 Å². The van der Waals surface area contributed by atoms with E-state index in [1.165, 1.54) is 18.6 Å². The maximum absolute atomic E-state index is 12.0. The molecule has 0 unspecified atom stereocenters. The maximum Gasteiger partial charge on any atom is 0.336 e. The van der Waals surface area contributed by atoms with Crippen molar-refractivity contribution in [1.82, 2.24) is 5.43 Å². The van der Waals surface area contributed by atoms with Crippen LogP contribution in [-0.4, -0.2) is 25.2 Å². The molecule has 7 heteroatoms. The molecular formula is C23H20N2O5. The molecule has 0 fully saturated rings. The van der Waals surface area contributed by atoms with Crippen LogP contribution in [0.2, 0.25) is 0 Å². The molecule has 0 aliphatic carbocycles. The van der Waals surface area contributed by atoms with Crippen molar-refractivity contribution in [3.05, 3.63) is 89.4 Å². The van der Waals surface area contributed by atoms with Crippen molar-refractivity contribution in [3.8, 4) is 11.5 Å². The first-order valence-electron chi connectivity index (χ1n) is 9.06. The fourth-order valence-electron chi connectivity index (χ4n) is 2.50.